The molecule has 0 radical (unpaired) electrons. The van der Waals surface area contributed by atoms with E-state index in [-0.39, 0.29) is 5.60 Å². The van der Waals surface area contributed by atoms with Gasteiger partial charge in [-0.15, -0.1) is 0 Å². The fourth-order valence-electron chi connectivity index (χ4n) is 5.03. The van der Waals surface area contributed by atoms with Crippen LogP contribution in [0.1, 0.15) is 90.4 Å². The van der Waals surface area contributed by atoms with Crippen molar-refractivity contribution in [3.63, 3.8) is 0 Å². The van der Waals surface area contributed by atoms with Crippen LogP contribution >= 0.6 is 0 Å². The SMILES string of the molecule is C[C@H](NC1CCOC2(CCCCC2)C1)C1CCCCCC1. The first kappa shape index (κ1) is 15.8. The van der Waals surface area contributed by atoms with Crippen molar-refractivity contribution in [2.24, 2.45) is 5.92 Å². The topological polar surface area (TPSA) is 21.3 Å². The molecule has 1 heterocycles. The van der Waals surface area contributed by atoms with Crippen molar-refractivity contribution in [1.29, 1.82) is 0 Å². The van der Waals surface area contributed by atoms with Crippen LogP contribution in [0.5, 0.6) is 0 Å². The molecule has 2 atom stereocenters. The number of hydrogen-bond donors (Lipinski definition) is 1. The third-order valence-corrected chi connectivity index (χ3v) is 6.36. The van der Waals surface area contributed by atoms with Crippen molar-refractivity contribution < 1.29 is 4.74 Å². The molecule has 0 bridgehead atoms. The molecule has 1 N–H and O–H groups in total. The van der Waals surface area contributed by atoms with Gasteiger partial charge in [-0.2, -0.15) is 0 Å². The Labute approximate surface area is 131 Å². The zero-order valence-corrected chi connectivity index (χ0v) is 14.0. The normalized spacial score (nSPS) is 32.7. The van der Waals surface area contributed by atoms with E-state index in [1.54, 1.807) is 0 Å². The maximum Gasteiger partial charge on any atom is 0.0697 e. The van der Waals surface area contributed by atoms with Crippen LogP contribution in [-0.2, 0) is 4.74 Å². The van der Waals surface area contributed by atoms with Crippen LogP contribution < -0.4 is 5.32 Å². The quantitative estimate of drug-likeness (QED) is 0.753. The third-order valence-electron chi connectivity index (χ3n) is 6.36. The molecule has 3 fully saturated rings. The van der Waals surface area contributed by atoms with E-state index in [2.05, 4.69) is 12.2 Å². The molecule has 1 saturated heterocycles. The molecule has 2 aliphatic carbocycles. The molecule has 1 spiro atoms. The van der Waals surface area contributed by atoms with Crippen LogP contribution in [0.2, 0.25) is 0 Å². The number of rotatable bonds is 3. The van der Waals surface area contributed by atoms with Gasteiger partial charge in [-0.05, 0) is 51.4 Å². The molecule has 122 valence electrons. The molecular formula is C19H35NO. The van der Waals surface area contributed by atoms with Crippen LogP contribution in [0.4, 0.5) is 0 Å². The van der Waals surface area contributed by atoms with E-state index in [1.165, 1.54) is 83.5 Å². The minimum Gasteiger partial charge on any atom is -0.375 e. The lowest BCUT2D eigenvalue weighted by Gasteiger charge is -2.44. The predicted octanol–water partition coefficient (Wildman–Crippen LogP) is 4.82. The summed E-state index contributed by atoms with van der Waals surface area (Å²) in [5.74, 6) is 0.914. The first-order valence-electron chi connectivity index (χ1n) is 9.67. The zero-order valence-electron chi connectivity index (χ0n) is 14.0. The van der Waals surface area contributed by atoms with Crippen LogP contribution in [0.3, 0.4) is 0 Å². The van der Waals surface area contributed by atoms with Gasteiger partial charge in [0.25, 0.3) is 0 Å². The van der Waals surface area contributed by atoms with Crippen molar-refractivity contribution in [1.82, 2.24) is 5.32 Å². The Morgan fingerprint density at radius 3 is 2.29 bits per heavy atom. The first-order valence-corrected chi connectivity index (χ1v) is 9.67. The minimum atomic E-state index is 0.247. The fraction of sp³-hybridized carbons (Fsp3) is 1.00. The van der Waals surface area contributed by atoms with Crippen LogP contribution in [-0.4, -0.2) is 24.3 Å². The lowest BCUT2D eigenvalue weighted by atomic mass is 9.78. The maximum atomic E-state index is 6.24. The van der Waals surface area contributed by atoms with Gasteiger partial charge in [0.1, 0.15) is 0 Å². The van der Waals surface area contributed by atoms with E-state index >= 15 is 0 Å². The average Bonchev–Trinajstić information content (AvgIpc) is 2.77. The predicted molar refractivity (Wildman–Crippen MR) is 88.6 cm³/mol. The summed E-state index contributed by atoms with van der Waals surface area (Å²) in [6.45, 7) is 3.42. The molecule has 0 aromatic rings. The lowest BCUT2D eigenvalue weighted by molar-refractivity contribution is -0.110. The Kier molecular flexibility index (Phi) is 5.61. The summed E-state index contributed by atoms with van der Waals surface area (Å²) >= 11 is 0. The smallest absolute Gasteiger partial charge is 0.0697 e. The van der Waals surface area contributed by atoms with Gasteiger partial charge in [-0.1, -0.05) is 44.9 Å². The second-order valence-electron chi connectivity index (χ2n) is 7.99. The van der Waals surface area contributed by atoms with Crippen molar-refractivity contribution in [2.75, 3.05) is 6.61 Å². The molecule has 0 aromatic carbocycles. The van der Waals surface area contributed by atoms with Gasteiger partial charge in [0.15, 0.2) is 0 Å². The summed E-state index contributed by atoms with van der Waals surface area (Å²) in [6.07, 6.45) is 18.0. The van der Waals surface area contributed by atoms with Crippen molar-refractivity contribution in [3.8, 4) is 0 Å². The lowest BCUT2D eigenvalue weighted by Crippen LogP contribution is -2.51. The fourth-order valence-corrected chi connectivity index (χ4v) is 5.03. The maximum absolute atomic E-state index is 6.24. The second-order valence-corrected chi connectivity index (χ2v) is 7.99. The Morgan fingerprint density at radius 1 is 0.905 bits per heavy atom. The van der Waals surface area contributed by atoms with Crippen molar-refractivity contribution in [2.45, 2.75) is 108 Å². The summed E-state index contributed by atoms with van der Waals surface area (Å²) in [6, 6.07) is 1.40. The van der Waals surface area contributed by atoms with Gasteiger partial charge in [-0.25, -0.2) is 0 Å². The van der Waals surface area contributed by atoms with Gasteiger partial charge in [-0.3, -0.25) is 0 Å². The van der Waals surface area contributed by atoms with E-state index in [0.717, 1.165) is 12.5 Å². The van der Waals surface area contributed by atoms with Gasteiger partial charge in [0, 0.05) is 18.7 Å². The summed E-state index contributed by atoms with van der Waals surface area (Å²) in [4.78, 5) is 0. The molecule has 2 saturated carbocycles. The summed E-state index contributed by atoms with van der Waals surface area (Å²) in [7, 11) is 0. The highest BCUT2D eigenvalue weighted by Crippen LogP contribution is 2.39. The van der Waals surface area contributed by atoms with Crippen LogP contribution in [0.25, 0.3) is 0 Å². The van der Waals surface area contributed by atoms with Crippen LogP contribution in [0.15, 0.2) is 0 Å². The van der Waals surface area contributed by atoms with Crippen molar-refractivity contribution >= 4 is 0 Å². The average molecular weight is 293 g/mol. The van der Waals surface area contributed by atoms with Gasteiger partial charge in [0.2, 0.25) is 0 Å². The molecular weight excluding hydrogens is 258 g/mol. The van der Waals surface area contributed by atoms with Gasteiger partial charge >= 0.3 is 0 Å². The molecule has 0 amide bonds. The molecule has 0 aromatic heterocycles. The number of nitrogens with one attached hydrogen (secondary N) is 1. The largest absolute Gasteiger partial charge is 0.375 e. The standard InChI is InChI=1S/C19H35NO/c1-16(17-9-5-2-3-6-10-17)20-18-11-14-21-19(15-18)12-7-4-8-13-19/h16-18,20H,2-15H2,1H3/t16-,18?/m0/s1. The highest BCUT2D eigenvalue weighted by molar-refractivity contribution is 4.93. The summed E-state index contributed by atoms with van der Waals surface area (Å²) in [5.41, 5.74) is 0.247. The molecule has 3 aliphatic rings. The minimum absolute atomic E-state index is 0.247. The van der Waals surface area contributed by atoms with E-state index < -0.39 is 0 Å². The van der Waals surface area contributed by atoms with E-state index in [9.17, 15) is 0 Å². The van der Waals surface area contributed by atoms with E-state index in [0.29, 0.717) is 12.1 Å². The third kappa shape index (κ3) is 4.22. The molecule has 21 heavy (non-hydrogen) atoms. The van der Waals surface area contributed by atoms with E-state index in [1.807, 2.05) is 0 Å². The van der Waals surface area contributed by atoms with Crippen molar-refractivity contribution in [3.05, 3.63) is 0 Å². The highest BCUT2D eigenvalue weighted by Gasteiger charge is 2.39. The molecule has 1 aliphatic heterocycles. The molecule has 1 unspecified atom stereocenters. The summed E-state index contributed by atoms with van der Waals surface area (Å²) < 4.78 is 6.24. The Bertz CT molecular complexity index is 297. The Balaban J connectivity index is 1.51. The Hall–Kier alpha value is -0.0800. The van der Waals surface area contributed by atoms with E-state index in [4.69, 9.17) is 4.74 Å². The number of ether oxygens (including phenoxy) is 1. The van der Waals surface area contributed by atoms with Gasteiger partial charge in [0.05, 0.1) is 5.60 Å². The zero-order chi connectivity index (χ0) is 14.5. The van der Waals surface area contributed by atoms with Gasteiger partial charge < -0.3 is 10.1 Å². The highest BCUT2D eigenvalue weighted by atomic mass is 16.5. The molecule has 3 rings (SSSR count). The van der Waals surface area contributed by atoms with Crippen LogP contribution in [0, 0.1) is 5.92 Å². The first-order chi connectivity index (χ1) is 10.3. The number of hydrogen-bond acceptors (Lipinski definition) is 2. The molecule has 2 heteroatoms. The monoisotopic (exact) mass is 293 g/mol. The Morgan fingerprint density at radius 2 is 1.57 bits per heavy atom. The second kappa shape index (κ2) is 7.46. The molecule has 2 nitrogen and oxygen atoms in total. The summed E-state index contributed by atoms with van der Waals surface area (Å²) in [5, 5.41) is 4.01.